The second kappa shape index (κ2) is 7.66. The van der Waals surface area contributed by atoms with Crippen molar-refractivity contribution in [2.24, 2.45) is 0 Å². The maximum Gasteiger partial charge on any atom is 0.250 e. The average Bonchev–Trinajstić information content (AvgIpc) is 2.59. The fraction of sp³-hybridized carbons (Fsp3) is 0.588. The van der Waals surface area contributed by atoms with Gasteiger partial charge in [-0.25, -0.2) is 0 Å². The molecule has 2 rings (SSSR count). The third-order valence-electron chi connectivity index (χ3n) is 4.09. The molecule has 0 aromatic heterocycles. The van der Waals surface area contributed by atoms with E-state index in [2.05, 4.69) is 24.5 Å². The van der Waals surface area contributed by atoms with Crippen molar-refractivity contribution in [1.29, 1.82) is 0 Å². The molecule has 0 saturated carbocycles. The van der Waals surface area contributed by atoms with E-state index in [9.17, 15) is 4.79 Å². The van der Waals surface area contributed by atoms with Crippen LogP contribution < -0.4 is 20.1 Å². The van der Waals surface area contributed by atoms with Gasteiger partial charge in [-0.15, -0.1) is 0 Å². The van der Waals surface area contributed by atoms with E-state index in [-0.39, 0.29) is 11.3 Å². The number of nitrogens with one attached hydrogen (secondary N) is 2. The van der Waals surface area contributed by atoms with Crippen LogP contribution in [-0.2, 0) is 14.9 Å². The first-order valence-electron chi connectivity index (χ1n) is 7.80. The van der Waals surface area contributed by atoms with Crippen molar-refractivity contribution in [3.05, 3.63) is 23.8 Å². The zero-order valence-electron chi connectivity index (χ0n) is 14.3. The predicted octanol–water partition coefficient (Wildman–Crippen LogP) is 1.09. The number of hydrogen-bond acceptors (Lipinski definition) is 5. The first-order chi connectivity index (χ1) is 11.0. The van der Waals surface area contributed by atoms with Crippen LogP contribution in [0, 0.1) is 0 Å². The highest BCUT2D eigenvalue weighted by atomic mass is 16.5. The van der Waals surface area contributed by atoms with E-state index in [0.717, 1.165) is 12.1 Å². The van der Waals surface area contributed by atoms with Gasteiger partial charge in [-0.3, -0.25) is 4.79 Å². The summed E-state index contributed by atoms with van der Waals surface area (Å²) < 4.78 is 16.1. The van der Waals surface area contributed by atoms with Gasteiger partial charge in [-0.1, -0.05) is 19.9 Å². The number of hydrogen-bond donors (Lipinski definition) is 2. The zero-order valence-corrected chi connectivity index (χ0v) is 14.3. The summed E-state index contributed by atoms with van der Waals surface area (Å²) in [5.74, 6) is 1.30. The normalized spacial score (nSPS) is 18.3. The minimum absolute atomic E-state index is 0.0780. The maximum absolute atomic E-state index is 12.2. The second-order valence-electron chi connectivity index (χ2n) is 6.24. The average molecular weight is 322 g/mol. The van der Waals surface area contributed by atoms with Crippen LogP contribution in [-0.4, -0.2) is 52.5 Å². The van der Waals surface area contributed by atoms with Gasteiger partial charge in [0.15, 0.2) is 11.5 Å². The monoisotopic (exact) mass is 322 g/mol. The third kappa shape index (κ3) is 4.36. The minimum Gasteiger partial charge on any atom is -0.493 e. The van der Waals surface area contributed by atoms with Gasteiger partial charge in [0, 0.05) is 25.0 Å². The summed E-state index contributed by atoms with van der Waals surface area (Å²) in [5.41, 5.74) is 0.829. The number of rotatable bonds is 6. The Morgan fingerprint density at radius 1 is 1.35 bits per heavy atom. The molecule has 1 aliphatic heterocycles. The van der Waals surface area contributed by atoms with Crippen LogP contribution in [0.15, 0.2) is 18.2 Å². The van der Waals surface area contributed by atoms with Crippen LogP contribution in [0.3, 0.4) is 0 Å². The molecule has 1 atom stereocenters. The summed E-state index contributed by atoms with van der Waals surface area (Å²) in [7, 11) is 3.23. The molecule has 1 amide bonds. The first kappa shape index (κ1) is 17.6. The maximum atomic E-state index is 12.2. The predicted molar refractivity (Wildman–Crippen MR) is 88.2 cm³/mol. The Morgan fingerprint density at radius 2 is 2.09 bits per heavy atom. The lowest BCUT2D eigenvalue weighted by Gasteiger charge is -2.28. The Bertz CT molecular complexity index is 539. The third-order valence-corrected chi connectivity index (χ3v) is 4.09. The van der Waals surface area contributed by atoms with Crippen molar-refractivity contribution < 1.29 is 19.0 Å². The molecule has 1 aliphatic rings. The zero-order chi connectivity index (χ0) is 16.9. The van der Waals surface area contributed by atoms with E-state index in [1.165, 1.54) is 0 Å². The molecule has 6 nitrogen and oxygen atoms in total. The van der Waals surface area contributed by atoms with Gasteiger partial charge in [0.25, 0.3) is 0 Å². The van der Waals surface area contributed by atoms with Gasteiger partial charge in [-0.05, 0) is 17.7 Å². The number of benzene rings is 1. The van der Waals surface area contributed by atoms with Crippen LogP contribution in [0.2, 0.25) is 0 Å². The number of amides is 1. The number of carbonyl (C=O) groups is 1. The number of ether oxygens (including phenoxy) is 3. The number of carbonyl (C=O) groups excluding carboxylic acids is 1. The van der Waals surface area contributed by atoms with Gasteiger partial charge >= 0.3 is 0 Å². The molecule has 1 heterocycles. The van der Waals surface area contributed by atoms with Gasteiger partial charge in [0.05, 0.1) is 20.8 Å². The summed E-state index contributed by atoms with van der Waals surface area (Å²) in [5, 5.41) is 6.14. The Kier molecular flexibility index (Phi) is 5.85. The van der Waals surface area contributed by atoms with Crippen LogP contribution >= 0.6 is 0 Å². The summed E-state index contributed by atoms with van der Waals surface area (Å²) in [4.78, 5) is 12.2. The minimum atomic E-state index is -0.412. The first-order valence-corrected chi connectivity index (χ1v) is 7.80. The van der Waals surface area contributed by atoms with Crippen molar-refractivity contribution >= 4 is 5.91 Å². The van der Waals surface area contributed by atoms with Crippen LogP contribution in [0.5, 0.6) is 11.5 Å². The van der Waals surface area contributed by atoms with Crippen molar-refractivity contribution in [3.63, 3.8) is 0 Å². The molecule has 0 aliphatic carbocycles. The Hall–Kier alpha value is -1.79. The second-order valence-corrected chi connectivity index (χ2v) is 6.24. The molecule has 1 fully saturated rings. The fourth-order valence-electron chi connectivity index (χ4n) is 2.51. The topological polar surface area (TPSA) is 68.8 Å². The van der Waals surface area contributed by atoms with Crippen molar-refractivity contribution in [3.8, 4) is 11.5 Å². The summed E-state index contributed by atoms with van der Waals surface area (Å²) >= 11 is 0. The van der Waals surface area contributed by atoms with Crippen LogP contribution in [0.25, 0.3) is 0 Å². The van der Waals surface area contributed by atoms with Crippen molar-refractivity contribution in [2.75, 3.05) is 40.5 Å². The molecule has 1 saturated heterocycles. The molecule has 6 heteroatoms. The number of morpholine rings is 1. The lowest BCUT2D eigenvalue weighted by Crippen LogP contribution is -2.49. The quantitative estimate of drug-likeness (QED) is 0.820. The summed E-state index contributed by atoms with van der Waals surface area (Å²) in [6.07, 6.45) is -0.412. The summed E-state index contributed by atoms with van der Waals surface area (Å²) in [6, 6.07) is 5.82. The Labute approximate surface area is 137 Å². The standard InChI is InChI=1S/C17H26N2O4/c1-17(2,11-19-16(20)15-10-18-7-8-23-15)12-5-6-13(21-3)14(9-12)22-4/h5-6,9,15,18H,7-8,10-11H2,1-4H3,(H,19,20). The highest BCUT2D eigenvalue weighted by molar-refractivity contribution is 5.81. The molecular weight excluding hydrogens is 296 g/mol. The molecule has 2 N–H and O–H groups in total. The molecule has 128 valence electrons. The molecule has 1 unspecified atom stereocenters. The lowest BCUT2D eigenvalue weighted by atomic mass is 9.84. The molecule has 0 radical (unpaired) electrons. The van der Waals surface area contributed by atoms with E-state index in [4.69, 9.17) is 14.2 Å². The highest BCUT2D eigenvalue weighted by Gasteiger charge is 2.26. The lowest BCUT2D eigenvalue weighted by molar-refractivity contribution is -0.134. The van der Waals surface area contributed by atoms with Crippen molar-refractivity contribution in [2.45, 2.75) is 25.4 Å². The summed E-state index contributed by atoms with van der Waals surface area (Å²) in [6.45, 7) is 6.59. The van der Waals surface area contributed by atoms with Crippen LogP contribution in [0.1, 0.15) is 19.4 Å². The van der Waals surface area contributed by atoms with E-state index < -0.39 is 6.10 Å². The fourth-order valence-corrected chi connectivity index (χ4v) is 2.51. The van der Waals surface area contributed by atoms with Gasteiger partial charge in [-0.2, -0.15) is 0 Å². The Balaban J connectivity index is 2.01. The SMILES string of the molecule is COc1ccc(C(C)(C)CNC(=O)C2CNCCO2)cc1OC. The number of methoxy groups -OCH3 is 2. The van der Waals surface area contributed by atoms with Gasteiger partial charge in [0.1, 0.15) is 6.10 Å². The van der Waals surface area contributed by atoms with E-state index in [1.807, 2.05) is 18.2 Å². The molecular formula is C17H26N2O4. The van der Waals surface area contributed by atoms with E-state index >= 15 is 0 Å². The Morgan fingerprint density at radius 3 is 2.70 bits per heavy atom. The molecule has 0 bridgehead atoms. The van der Waals surface area contributed by atoms with Gasteiger partial charge < -0.3 is 24.8 Å². The molecule has 23 heavy (non-hydrogen) atoms. The highest BCUT2D eigenvalue weighted by Crippen LogP contribution is 2.32. The molecule has 1 aromatic rings. The molecule has 1 aromatic carbocycles. The van der Waals surface area contributed by atoms with E-state index in [0.29, 0.717) is 31.2 Å². The van der Waals surface area contributed by atoms with Gasteiger partial charge in [0.2, 0.25) is 5.91 Å². The molecule has 0 spiro atoms. The largest absolute Gasteiger partial charge is 0.493 e. The van der Waals surface area contributed by atoms with E-state index in [1.54, 1.807) is 14.2 Å². The van der Waals surface area contributed by atoms with Crippen LogP contribution in [0.4, 0.5) is 0 Å². The van der Waals surface area contributed by atoms with Crippen molar-refractivity contribution in [1.82, 2.24) is 10.6 Å². The smallest absolute Gasteiger partial charge is 0.250 e.